The van der Waals surface area contributed by atoms with Gasteiger partial charge >= 0.3 is 0 Å². The lowest BCUT2D eigenvalue weighted by Gasteiger charge is -2.33. The van der Waals surface area contributed by atoms with Crippen molar-refractivity contribution >= 4 is 10.9 Å². The standard InChI is InChI=1S/C19H25NO/c1-15-6-5-7-18-17(15)9-13-20(18)14-16-8-12-19(21-16)10-3-2-4-11-19/h5-7,9,13,16H,2-4,8,10-12,14H2,1H3. The van der Waals surface area contributed by atoms with Gasteiger partial charge in [-0.25, -0.2) is 0 Å². The van der Waals surface area contributed by atoms with Gasteiger partial charge in [-0.15, -0.1) is 0 Å². The Kier molecular flexibility index (Phi) is 3.30. The van der Waals surface area contributed by atoms with Gasteiger partial charge in [0, 0.05) is 23.6 Å². The van der Waals surface area contributed by atoms with E-state index in [4.69, 9.17) is 4.74 Å². The van der Waals surface area contributed by atoms with E-state index < -0.39 is 0 Å². The highest BCUT2D eigenvalue weighted by atomic mass is 16.5. The minimum atomic E-state index is 0.238. The van der Waals surface area contributed by atoms with E-state index in [2.05, 4.69) is 42.0 Å². The van der Waals surface area contributed by atoms with Gasteiger partial charge in [0.25, 0.3) is 0 Å². The molecule has 1 atom stereocenters. The van der Waals surface area contributed by atoms with Crippen LogP contribution in [-0.4, -0.2) is 16.3 Å². The third-order valence-corrected chi connectivity index (χ3v) is 5.54. The number of hydrogen-bond donors (Lipinski definition) is 0. The number of hydrogen-bond acceptors (Lipinski definition) is 1. The number of aryl methyl sites for hydroxylation is 1. The van der Waals surface area contributed by atoms with Crippen molar-refractivity contribution in [2.24, 2.45) is 0 Å². The number of aromatic nitrogens is 1. The largest absolute Gasteiger partial charge is 0.370 e. The summed E-state index contributed by atoms with van der Waals surface area (Å²) in [5, 5.41) is 1.38. The average molecular weight is 283 g/mol. The number of benzene rings is 1. The summed E-state index contributed by atoms with van der Waals surface area (Å²) < 4.78 is 8.91. The summed E-state index contributed by atoms with van der Waals surface area (Å²) in [7, 11) is 0. The molecule has 0 amide bonds. The van der Waals surface area contributed by atoms with Crippen LogP contribution in [0.5, 0.6) is 0 Å². The smallest absolute Gasteiger partial charge is 0.0762 e. The van der Waals surface area contributed by atoms with Crippen molar-refractivity contribution in [3.8, 4) is 0 Å². The van der Waals surface area contributed by atoms with E-state index in [0.29, 0.717) is 6.10 Å². The van der Waals surface area contributed by atoms with Crippen molar-refractivity contribution in [2.45, 2.75) is 70.1 Å². The molecule has 112 valence electrons. The van der Waals surface area contributed by atoms with E-state index in [1.54, 1.807) is 0 Å². The van der Waals surface area contributed by atoms with Crippen LogP contribution in [-0.2, 0) is 11.3 Å². The van der Waals surface area contributed by atoms with Crippen molar-refractivity contribution in [1.82, 2.24) is 4.57 Å². The molecule has 1 unspecified atom stereocenters. The summed E-state index contributed by atoms with van der Waals surface area (Å²) in [6.07, 6.45) is 11.8. The second-order valence-corrected chi connectivity index (χ2v) is 7.00. The molecule has 2 heteroatoms. The quantitative estimate of drug-likeness (QED) is 0.770. The van der Waals surface area contributed by atoms with Gasteiger partial charge in [0.15, 0.2) is 0 Å². The van der Waals surface area contributed by atoms with Gasteiger partial charge in [0.2, 0.25) is 0 Å². The first-order valence-corrected chi connectivity index (χ1v) is 8.48. The maximum Gasteiger partial charge on any atom is 0.0762 e. The number of ether oxygens (including phenoxy) is 1. The number of rotatable bonds is 2. The molecule has 1 aromatic carbocycles. The molecule has 2 heterocycles. The summed E-state index contributed by atoms with van der Waals surface area (Å²) >= 11 is 0. The van der Waals surface area contributed by atoms with Crippen molar-refractivity contribution in [3.05, 3.63) is 36.0 Å². The van der Waals surface area contributed by atoms with Crippen LogP contribution in [0.15, 0.2) is 30.5 Å². The van der Waals surface area contributed by atoms with Crippen molar-refractivity contribution in [1.29, 1.82) is 0 Å². The Morgan fingerprint density at radius 1 is 1.14 bits per heavy atom. The minimum Gasteiger partial charge on any atom is -0.370 e. The van der Waals surface area contributed by atoms with E-state index in [1.807, 2.05) is 0 Å². The molecule has 1 aliphatic heterocycles. The van der Waals surface area contributed by atoms with Gasteiger partial charge in [-0.05, 0) is 50.3 Å². The Morgan fingerprint density at radius 2 is 2.00 bits per heavy atom. The molecule has 2 aliphatic rings. The number of nitrogens with zero attached hydrogens (tertiary/aromatic N) is 1. The number of fused-ring (bicyclic) bond motifs is 1. The Hall–Kier alpha value is -1.28. The van der Waals surface area contributed by atoms with Gasteiger partial charge in [-0.3, -0.25) is 0 Å². The monoisotopic (exact) mass is 283 g/mol. The summed E-state index contributed by atoms with van der Waals surface area (Å²) in [6, 6.07) is 8.83. The first-order chi connectivity index (χ1) is 10.3. The SMILES string of the molecule is Cc1cccc2c1ccn2CC1CCC2(CCCCC2)O1. The normalized spacial score (nSPS) is 24.9. The molecule has 2 nitrogen and oxygen atoms in total. The van der Waals surface area contributed by atoms with Gasteiger partial charge in [0.05, 0.1) is 11.7 Å². The summed E-state index contributed by atoms with van der Waals surface area (Å²) in [4.78, 5) is 0. The van der Waals surface area contributed by atoms with E-state index in [0.717, 1.165) is 6.54 Å². The van der Waals surface area contributed by atoms with Crippen LogP contribution in [0.25, 0.3) is 10.9 Å². The second-order valence-electron chi connectivity index (χ2n) is 7.00. The van der Waals surface area contributed by atoms with E-state index >= 15 is 0 Å². The Bertz CT molecular complexity index is 636. The van der Waals surface area contributed by atoms with Crippen molar-refractivity contribution in [3.63, 3.8) is 0 Å². The van der Waals surface area contributed by atoms with Gasteiger partial charge in [-0.1, -0.05) is 31.4 Å². The summed E-state index contributed by atoms with van der Waals surface area (Å²) in [5.74, 6) is 0. The fourth-order valence-electron chi connectivity index (χ4n) is 4.34. The molecule has 1 aliphatic carbocycles. The van der Waals surface area contributed by atoms with Gasteiger partial charge in [0.1, 0.15) is 0 Å². The molecule has 0 radical (unpaired) electrons. The first-order valence-electron chi connectivity index (χ1n) is 8.48. The zero-order chi connectivity index (χ0) is 14.3. The predicted molar refractivity (Wildman–Crippen MR) is 86.6 cm³/mol. The molecule has 2 aromatic rings. The Morgan fingerprint density at radius 3 is 2.86 bits per heavy atom. The molecule has 21 heavy (non-hydrogen) atoms. The zero-order valence-corrected chi connectivity index (χ0v) is 13.0. The maximum atomic E-state index is 6.52. The highest BCUT2D eigenvalue weighted by Gasteiger charge is 2.40. The van der Waals surface area contributed by atoms with Crippen LogP contribution in [0.1, 0.15) is 50.5 Å². The average Bonchev–Trinajstić information content (AvgIpc) is 3.07. The minimum absolute atomic E-state index is 0.238. The maximum absolute atomic E-state index is 6.52. The molecule has 1 saturated heterocycles. The van der Waals surface area contributed by atoms with Crippen LogP contribution in [0, 0.1) is 6.92 Å². The summed E-state index contributed by atoms with van der Waals surface area (Å²) in [6.45, 7) is 3.20. The molecule has 0 N–H and O–H groups in total. The van der Waals surface area contributed by atoms with Crippen LogP contribution < -0.4 is 0 Å². The molecule has 1 aromatic heterocycles. The Labute approximate surface area is 127 Å². The van der Waals surface area contributed by atoms with E-state index in [9.17, 15) is 0 Å². The van der Waals surface area contributed by atoms with Gasteiger partial charge < -0.3 is 9.30 Å². The Balaban J connectivity index is 1.52. The molecule has 4 rings (SSSR count). The molecule has 2 fully saturated rings. The summed E-state index contributed by atoms with van der Waals surface area (Å²) in [5.41, 5.74) is 2.95. The predicted octanol–water partition coefficient (Wildman–Crippen LogP) is 4.83. The topological polar surface area (TPSA) is 14.2 Å². The highest BCUT2D eigenvalue weighted by Crippen LogP contribution is 2.42. The van der Waals surface area contributed by atoms with Crippen LogP contribution in [0.2, 0.25) is 0 Å². The molecule has 0 bridgehead atoms. The zero-order valence-electron chi connectivity index (χ0n) is 13.0. The molecule has 1 spiro atoms. The van der Waals surface area contributed by atoms with Crippen molar-refractivity contribution < 1.29 is 4.74 Å². The first kappa shape index (κ1) is 13.4. The highest BCUT2D eigenvalue weighted by molar-refractivity contribution is 5.83. The third-order valence-electron chi connectivity index (χ3n) is 5.54. The fraction of sp³-hybridized carbons (Fsp3) is 0.579. The third kappa shape index (κ3) is 2.40. The lowest BCUT2D eigenvalue weighted by Crippen LogP contribution is -2.32. The van der Waals surface area contributed by atoms with Crippen LogP contribution >= 0.6 is 0 Å². The van der Waals surface area contributed by atoms with Crippen LogP contribution in [0.3, 0.4) is 0 Å². The lowest BCUT2D eigenvalue weighted by atomic mass is 9.83. The fourth-order valence-corrected chi connectivity index (χ4v) is 4.34. The van der Waals surface area contributed by atoms with Crippen LogP contribution in [0.4, 0.5) is 0 Å². The molecule has 1 saturated carbocycles. The van der Waals surface area contributed by atoms with Gasteiger partial charge in [-0.2, -0.15) is 0 Å². The van der Waals surface area contributed by atoms with E-state index in [-0.39, 0.29) is 5.60 Å². The van der Waals surface area contributed by atoms with E-state index in [1.165, 1.54) is 61.4 Å². The molecular formula is C19H25NO. The molecular weight excluding hydrogens is 258 g/mol. The lowest BCUT2D eigenvalue weighted by molar-refractivity contribution is -0.0676. The second kappa shape index (κ2) is 5.17. The van der Waals surface area contributed by atoms with Crippen molar-refractivity contribution in [2.75, 3.05) is 0 Å².